The molecule has 1 fully saturated rings. The third-order valence-corrected chi connectivity index (χ3v) is 4.54. The highest BCUT2D eigenvalue weighted by Gasteiger charge is 2.39. The molecular weight excluding hydrogens is 288 g/mol. The van der Waals surface area contributed by atoms with Crippen molar-refractivity contribution in [3.8, 4) is 0 Å². The monoisotopic (exact) mass is 310 g/mol. The topological polar surface area (TPSA) is 44.1 Å². The molecule has 4 heteroatoms. The van der Waals surface area contributed by atoms with Crippen molar-refractivity contribution in [1.29, 1.82) is 0 Å². The highest BCUT2D eigenvalue weighted by atomic mass is 16.6. The Balaban J connectivity index is 1.82. The minimum atomic E-state index is -0.420. The Hall–Kier alpha value is -2.36. The van der Waals surface area contributed by atoms with Crippen molar-refractivity contribution in [2.75, 3.05) is 0 Å². The van der Waals surface area contributed by atoms with Gasteiger partial charge in [0.25, 0.3) is 0 Å². The SMILES string of the molecule is C/C=C/C1(OC(=O)c2cncn2C(C)c2ccccc2)CCC1. The van der Waals surface area contributed by atoms with Gasteiger partial charge in [-0.25, -0.2) is 9.78 Å². The van der Waals surface area contributed by atoms with Gasteiger partial charge in [0.1, 0.15) is 11.3 Å². The number of carbonyl (C=O) groups excluding carboxylic acids is 1. The van der Waals surface area contributed by atoms with Crippen LogP contribution in [0.3, 0.4) is 0 Å². The molecule has 1 aromatic heterocycles. The van der Waals surface area contributed by atoms with E-state index in [2.05, 4.69) is 11.9 Å². The number of benzene rings is 1. The van der Waals surface area contributed by atoms with Gasteiger partial charge in [0.2, 0.25) is 0 Å². The van der Waals surface area contributed by atoms with Gasteiger partial charge in [-0.1, -0.05) is 36.4 Å². The van der Waals surface area contributed by atoms with E-state index >= 15 is 0 Å². The highest BCUT2D eigenvalue weighted by molar-refractivity contribution is 5.88. The minimum absolute atomic E-state index is 0.0281. The van der Waals surface area contributed by atoms with Gasteiger partial charge in [-0.05, 0) is 44.7 Å². The summed E-state index contributed by atoms with van der Waals surface area (Å²) in [6, 6.07) is 10.1. The summed E-state index contributed by atoms with van der Waals surface area (Å²) in [6.07, 6.45) is 10.1. The number of ether oxygens (including phenoxy) is 1. The molecule has 1 aromatic carbocycles. The fourth-order valence-electron chi connectivity index (χ4n) is 3.03. The van der Waals surface area contributed by atoms with Gasteiger partial charge in [-0.3, -0.25) is 0 Å². The number of rotatable bonds is 5. The Labute approximate surface area is 136 Å². The predicted molar refractivity (Wildman–Crippen MR) is 89.3 cm³/mol. The number of nitrogens with zero attached hydrogens (tertiary/aromatic N) is 2. The molecule has 0 radical (unpaired) electrons. The number of imidazole rings is 1. The van der Waals surface area contributed by atoms with Crippen molar-refractivity contribution in [2.24, 2.45) is 0 Å². The smallest absolute Gasteiger partial charge is 0.357 e. The maximum absolute atomic E-state index is 12.6. The Morgan fingerprint density at radius 2 is 2.09 bits per heavy atom. The van der Waals surface area contributed by atoms with Gasteiger partial charge in [-0.15, -0.1) is 0 Å². The Kier molecular flexibility index (Phi) is 4.33. The molecule has 0 bridgehead atoms. The Morgan fingerprint density at radius 3 is 2.70 bits per heavy atom. The summed E-state index contributed by atoms with van der Waals surface area (Å²) in [5.41, 5.74) is 1.21. The molecule has 4 nitrogen and oxygen atoms in total. The van der Waals surface area contributed by atoms with Gasteiger partial charge < -0.3 is 9.30 Å². The van der Waals surface area contributed by atoms with E-state index in [0.717, 1.165) is 24.8 Å². The molecule has 1 atom stereocenters. The third-order valence-electron chi connectivity index (χ3n) is 4.54. The lowest BCUT2D eigenvalue weighted by molar-refractivity contribution is -0.0326. The van der Waals surface area contributed by atoms with Gasteiger partial charge in [0.05, 0.1) is 18.6 Å². The first-order chi connectivity index (χ1) is 11.2. The maximum Gasteiger partial charge on any atom is 0.357 e. The fourth-order valence-corrected chi connectivity index (χ4v) is 3.03. The van der Waals surface area contributed by atoms with Crippen molar-refractivity contribution in [2.45, 2.75) is 44.8 Å². The molecule has 1 saturated carbocycles. The Bertz CT molecular complexity index is 699. The van der Waals surface area contributed by atoms with Crippen LogP contribution in [0.4, 0.5) is 0 Å². The average molecular weight is 310 g/mol. The molecule has 3 rings (SSSR count). The van der Waals surface area contributed by atoms with E-state index in [0.29, 0.717) is 5.69 Å². The number of hydrogen-bond acceptors (Lipinski definition) is 3. The highest BCUT2D eigenvalue weighted by Crippen LogP contribution is 2.37. The first-order valence-corrected chi connectivity index (χ1v) is 8.09. The molecule has 1 unspecified atom stereocenters. The van der Waals surface area contributed by atoms with Crippen molar-refractivity contribution < 1.29 is 9.53 Å². The summed E-state index contributed by atoms with van der Waals surface area (Å²) in [7, 11) is 0. The molecule has 0 N–H and O–H groups in total. The van der Waals surface area contributed by atoms with Crippen LogP contribution in [0.2, 0.25) is 0 Å². The number of aromatic nitrogens is 2. The van der Waals surface area contributed by atoms with Gasteiger partial charge in [-0.2, -0.15) is 0 Å². The first kappa shape index (κ1) is 15.5. The van der Waals surface area contributed by atoms with E-state index < -0.39 is 5.60 Å². The zero-order chi connectivity index (χ0) is 16.3. The lowest BCUT2D eigenvalue weighted by Crippen LogP contribution is -2.40. The molecular formula is C19H22N2O2. The standard InChI is InChI=1S/C19H22N2O2/c1-3-10-19(11-7-12-19)23-18(22)17-13-20-14-21(17)15(2)16-8-5-4-6-9-16/h3-6,8-10,13-15H,7,11-12H2,1-2H3/b10-3+. The van der Waals surface area contributed by atoms with Crippen LogP contribution in [0.5, 0.6) is 0 Å². The Morgan fingerprint density at radius 1 is 1.35 bits per heavy atom. The van der Waals surface area contributed by atoms with E-state index in [1.165, 1.54) is 0 Å². The second-order valence-electron chi connectivity index (χ2n) is 6.08. The van der Waals surface area contributed by atoms with Crippen LogP contribution in [0.15, 0.2) is 55.0 Å². The molecule has 1 aliphatic rings. The zero-order valence-corrected chi connectivity index (χ0v) is 13.6. The van der Waals surface area contributed by atoms with E-state index in [-0.39, 0.29) is 12.0 Å². The van der Waals surface area contributed by atoms with E-state index in [4.69, 9.17) is 4.74 Å². The summed E-state index contributed by atoms with van der Waals surface area (Å²) >= 11 is 0. The normalized spacial score (nSPS) is 17.7. The zero-order valence-electron chi connectivity index (χ0n) is 13.6. The van der Waals surface area contributed by atoms with Crippen molar-refractivity contribution in [3.05, 3.63) is 66.3 Å². The predicted octanol–water partition coefficient (Wildman–Crippen LogP) is 4.15. The van der Waals surface area contributed by atoms with Gasteiger partial charge >= 0.3 is 5.97 Å². The molecule has 120 valence electrons. The second-order valence-corrected chi connectivity index (χ2v) is 6.08. The van der Waals surface area contributed by atoms with Crippen molar-refractivity contribution >= 4 is 5.97 Å². The lowest BCUT2D eigenvalue weighted by atomic mass is 9.79. The van der Waals surface area contributed by atoms with Crippen LogP contribution < -0.4 is 0 Å². The quantitative estimate of drug-likeness (QED) is 0.615. The number of carbonyl (C=O) groups is 1. The van der Waals surface area contributed by atoms with Crippen molar-refractivity contribution in [3.63, 3.8) is 0 Å². The molecule has 2 aromatic rings. The van der Waals surface area contributed by atoms with E-state index in [9.17, 15) is 4.79 Å². The third kappa shape index (κ3) is 3.07. The van der Waals surface area contributed by atoms with Crippen LogP contribution in [0, 0.1) is 0 Å². The molecule has 0 amide bonds. The van der Waals surface area contributed by atoms with Gasteiger partial charge in [0, 0.05) is 0 Å². The molecule has 1 heterocycles. The van der Waals surface area contributed by atoms with Gasteiger partial charge in [0.15, 0.2) is 0 Å². The summed E-state index contributed by atoms with van der Waals surface area (Å²) < 4.78 is 7.67. The van der Waals surface area contributed by atoms with Crippen LogP contribution in [-0.4, -0.2) is 21.1 Å². The molecule has 1 aliphatic carbocycles. The number of allylic oxidation sites excluding steroid dienone is 1. The number of hydrogen-bond donors (Lipinski definition) is 0. The lowest BCUT2D eigenvalue weighted by Gasteiger charge is -2.38. The molecule has 0 aliphatic heterocycles. The average Bonchev–Trinajstić information content (AvgIpc) is 3.02. The van der Waals surface area contributed by atoms with E-state index in [1.54, 1.807) is 12.5 Å². The van der Waals surface area contributed by atoms with Crippen molar-refractivity contribution in [1.82, 2.24) is 9.55 Å². The van der Waals surface area contributed by atoms with Crippen LogP contribution in [-0.2, 0) is 4.74 Å². The van der Waals surface area contributed by atoms with E-state index in [1.807, 2.05) is 54.0 Å². The largest absolute Gasteiger partial charge is 0.450 e. The fraction of sp³-hybridized carbons (Fsp3) is 0.368. The second kappa shape index (κ2) is 6.41. The van der Waals surface area contributed by atoms with Crippen LogP contribution in [0.25, 0.3) is 0 Å². The number of esters is 1. The summed E-state index contributed by atoms with van der Waals surface area (Å²) in [6.45, 7) is 4.01. The minimum Gasteiger partial charge on any atom is -0.450 e. The maximum atomic E-state index is 12.6. The van der Waals surface area contributed by atoms with Crippen LogP contribution >= 0.6 is 0 Å². The summed E-state index contributed by atoms with van der Waals surface area (Å²) in [5, 5.41) is 0. The molecule has 0 saturated heterocycles. The summed E-state index contributed by atoms with van der Waals surface area (Å²) in [5.74, 6) is -0.303. The van der Waals surface area contributed by atoms with Crippen LogP contribution in [0.1, 0.15) is 55.2 Å². The first-order valence-electron chi connectivity index (χ1n) is 8.09. The molecule has 0 spiro atoms. The summed E-state index contributed by atoms with van der Waals surface area (Å²) in [4.78, 5) is 16.8. The molecule has 23 heavy (non-hydrogen) atoms.